The van der Waals surface area contributed by atoms with Crippen molar-refractivity contribution in [1.82, 2.24) is 4.90 Å². The molecule has 1 aromatic rings. The summed E-state index contributed by atoms with van der Waals surface area (Å²) >= 11 is 0. The molecular formula is C22H33N3O2. The fourth-order valence-corrected chi connectivity index (χ4v) is 5.84. The molecule has 0 spiro atoms. The minimum atomic E-state index is -0.271. The molecule has 2 heterocycles. The first-order valence-electron chi connectivity index (χ1n) is 11.0. The summed E-state index contributed by atoms with van der Waals surface area (Å²) in [6, 6.07) is 9.53. The fourth-order valence-electron chi connectivity index (χ4n) is 5.84. The molecule has 0 aromatic heterocycles. The van der Waals surface area contributed by atoms with Gasteiger partial charge in [0.05, 0.1) is 4.92 Å². The Bertz CT molecular complexity index is 628. The molecule has 1 saturated carbocycles. The Kier molecular flexibility index (Phi) is 5.96. The first kappa shape index (κ1) is 18.7. The first-order valence-corrected chi connectivity index (χ1v) is 11.0. The number of nitrogens with one attached hydrogen (secondary N) is 1. The summed E-state index contributed by atoms with van der Waals surface area (Å²) in [7, 11) is 0. The van der Waals surface area contributed by atoms with E-state index in [-0.39, 0.29) is 10.6 Å². The molecule has 1 aliphatic carbocycles. The average Bonchev–Trinajstić information content (AvgIpc) is 2.61. The van der Waals surface area contributed by atoms with E-state index in [2.05, 4.69) is 10.2 Å². The molecule has 1 N–H and O–H groups in total. The van der Waals surface area contributed by atoms with Gasteiger partial charge in [-0.2, -0.15) is 0 Å². The number of nitro benzene ring substituents is 1. The van der Waals surface area contributed by atoms with Crippen LogP contribution in [0.1, 0.15) is 77.0 Å². The molecular weight excluding hydrogens is 338 g/mol. The summed E-state index contributed by atoms with van der Waals surface area (Å²) in [6.45, 7) is 0. The zero-order chi connectivity index (χ0) is 18.6. The molecule has 27 heavy (non-hydrogen) atoms. The van der Waals surface area contributed by atoms with E-state index < -0.39 is 0 Å². The second kappa shape index (κ2) is 8.59. The Labute approximate surface area is 162 Å². The van der Waals surface area contributed by atoms with Crippen LogP contribution in [0.25, 0.3) is 0 Å². The summed E-state index contributed by atoms with van der Waals surface area (Å²) < 4.78 is 0. The van der Waals surface area contributed by atoms with Gasteiger partial charge in [0.25, 0.3) is 5.69 Å². The minimum Gasteiger partial charge on any atom is -0.377 e. The van der Waals surface area contributed by atoms with Gasteiger partial charge >= 0.3 is 0 Å². The lowest BCUT2D eigenvalue weighted by molar-refractivity contribution is -0.384. The van der Waals surface area contributed by atoms with E-state index >= 15 is 0 Å². The predicted molar refractivity (Wildman–Crippen MR) is 109 cm³/mol. The van der Waals surface area contributed by atoms with Crippen LogP contribution in [0, 0.1) is 10.1 Å². The molecule has 0 amide bonds. The summed E-state index contributed by atoms with van der Waals surface area (Å²) in [5.41, 5.74) is 0.884. The van der Waals surface area contributed by atoms with Crippen LogP contribution in [0.3, 0.4) is 0 Å². The second-order valence-corrected chi connectivity index (χ2v) is 8.77. The summed E-state index contributed by atoms with van der Waals surface area (Å²) in [4.78, 5) is 14.0. The highest BCUT2D eigenvalue weighted by molar-refractivity contribution is 5.61. The van der Waals surface area contributed by atoms with Crippen molar-refractivity contribution in [3.8, 4) is 0 Å². The van der Waals surface area contributed by atoms with E-state index in [4.69, 9.17) is 0 Å². The van der Waals surface area contributed by atoms with E-state index in [0.29, 0.717) is 23.8 Å². The molecule has 4 rings (SSSR count). The van der Waals surface area contributed by atoms with Crippen molar-refractivity contribution < 1.29 is 4.92 Å². The monoisotopic (exact) mass is 371 g/mol. The van der Waals surface area contributed by atoms with Gasteiger partial charge in [0.1, 0.15) is 5.69 Å². The van der Waals surface area contributed by atoms with Crippen molar-refractivity contribution in [2.75, 3.05) is 5.32 Å². The standard InChI is InChI=1S/C22H33N3O2/c26-25(27)22-14-7-6-13-21(22)23-17-15-19-11-8-12-20(16-17)24(19)18-9-4-2-1-3-5-10-18/h6-7,13-14,17-20,23H,1-5,8-12,15-16H2/t17?,19-,20+. The minimum absolute atomic E-state index is 0.199. The van der Waals surface area contributed by atoms with Crippen molar-refractivity contribution in [2.24, 2.45) is 0 Å². The van der Waals surface area contributed by atoms with Crippen LogP contribution in [-0.4, -0.2) is 34.0 Å². The Morgan fingerprint density at radius 1 is 0.852 bits per heavy atom. The van der Waals surface area contributed by atoms with Crippen molar-refractivity contribution in [1.29, 1.82) is 0 Å². The number of rotatable bonds is 4. The highest BCUT2D eigenvalue weighted by Crippen LogP contribution is 2.40. The molecule has 3 fully saturated rings. The van der Waals surface area contributed by atoms with Gasteiger partial charge in [-0.05, 0) is 44.6 Å². The van der Waals surface area contributed by atoms with E-state index in [9.17, 15) is 10.1 Å². The second-order valence-electron chi connectivity index (χ2n) is 8.77. The number of benzene rings is 1. The largest absolute Gasteiger partial charge is 0.377 e. The number of anilines is 1. The van der Waals surface area contributed by atoms with Crippen molar-refractivity contribution >= 4 is 11.4 Å². The lowest BCUT2D eigenvalue weighted by Gasteiger charge is -2.53. The van der Waals surface area contributed by atoms with E-state index in [1.54, 1.807) is 12.1 Å². The van der Waals surface area contributed by atoms with E-state index in [0.717, 1.165) is 18.9 Å². The maximum atomic E-state index is 11.3. The number of fused-ring (bicyclic) bond motifs is 2. The lowest BCUT2D eigenvalue weighted by atomic mass is 9.79. The zero-order valence-electron chi connectivity index (χ0n) is 16.3. The third-order valence-corrected chi connectivity index (χ3v) is 6.99. The van der Waals surface area contributed by atoms with Gasteiger partial charge < -0.3 is 5.32 Å². The summed E-state index contributed by atoms with van der Waals surface area (Å²) in [5.74, 6) is 0. The van der Waals surface area contributed by atoms with Gasteiger partial charge in [-0.15, -0.1) is 0 Å². The number of hydrogen-bond acceptors (Lipinski definition) is 4. The maximum absolute atomic E-state index is 11.3. The van der Waals surface area contributed by atoms with Gasteiger partial charge in [0, 0.05) is 30.2 Å². The molecule has 1 unspecified atom stereocenters. The molecule has 1 aromatic carbocycles. The zero-order valence-corrected chi connectivity index (χ0v) is 16.3. The predicted octanol–water partition coefficient (Wildman–Crippen LogP) is 5.51. The van der Waals surface area contributed by atoms with Crippen molar-refractivity contribution in [3.05, 3.63) is 34.4 Å². The summed E-state index contributed by atoms with van der Waals surface area (Å²) in [5, 5.41) is 14.9. The fraction of sp³-hybridized carbons (Fsp3) is 0.727. The number of piperidine rings is 2. The van der Waals surface area contributed by atoms with Crippen LogP contribution in [0.5, 0.6) is 0 Å². The SMILES string of the molecule is O=[N+]([O-])c1ccccc1NC1C[C@H]2CCC[C@@H](C1)N2C1CCCCCCC1. The number of hydrogen-bond donors (Lipinski definition) is 1. The molecule has 3 aliphatic rings. The first-order chi connectivity index (χ1) is 13.2. The molecule has 5 heteroatoms. The Morgan fingerprint density at radius 2 is 1.44 bits per heavy atom. The smallest absolute Gasteiger partial charge is 0.292 e. The summed E-state index contributed by atoms with van der Waals surface area (Å²) in [6.07, 6.45) is 15.9. The molecule has 0 radical (unpaired) electrons. The topological polar surface area (TPSA) is 58.4 Å². The number of nitrogens with zero attached hydrogens (tertiary/aromatic N) is 2. The van der Waals surface area contributed by atoms with Gasteiger partial charge in [-0.3, -0.25) is 15.0 Å². The normalized spacial score (nSPS) is 30.3. The van der Waals surface area contributed by atoms with Crippen LogP contribution in [0.15, 0.2) is 24.3 Å². The Morgan fingerprint density at radius 3 is 2.11 bits per heavy atom. The van der Waals surface area contributed by atoms with Crippen LogP contribution < -0.4 is 5.32 Å². The number of nitro groups is 1. The van der Waals surface area contributed by atoms with E-state index in [1.807, 2.05) is 12.1 Å². The quantitative estimate of drug-likeness (QED) is 0.560. The maximum Gasteiger partial charge on any atom is 0.292 e. The number of para-hydroxylation sites is 2. The van der Waals surface area contributed by atoms with Crippen molar-refractivity contribution in [2.45, 2.75) is 101 Å². The third-order valence-electron chi connectivity index (χ3n) is 6.99. The highest BCUT2D eigenvalue weighted by Gasteiger charge is 2.41. The Hall–Kier alpha value is -1.62. The molecule has 3 atom stereocenters. The van der Waals surface area contributed by atoms with Crippen LogP contribution in [0.4, 0.5) is 11.4 Å². The van der Waals surface area contributed by atoms with Crippen LogP contribution >= 0.6 is 0 Å². The lowest BCUT2D eigenvalue weighted by Crippen LogP contribution is -2.58. The molecule has 2 bridgehead atoms. The third kappa shape index (κ3) is 4.29. The molecule has 2 aliphatic heterocycles. The molecule has 5 nitrogen and oxygen atoms in total. The average molecular weight is 372 g/mol. The van der Waals surface area contributed by atoms with E-state index in [1.165, 1.54) is 64.2 Å². The van der Waals surface area contributed by atoms with Crippen LogP contribution in [-0.2, 0) is 0 Å². The van der Waals surface area contributed by atoms with Gasteiger partial charge in [0.2, 0.25) is 0 Å². The van der Waals surface area contributed by atoms with Crippen LogP contribution in [0.2, 0.25) is 0 Å². The molecule has 148 valence electrons. The van der Waals surface area contributed by atoms with Gasteiger partial charge in [0.15, 0.2) is 0 Å². The molecule has 2 saturated heterocycles. The Balaban J connectivity index is 1.46. The van der Waals surface area contributed by atoms with Gasteiger partial charge in [-0.1, -0.05) is 50.7 Å². The highest BCUT2D eigenvalue weighted by atomic mass is 16.6. The van der Waals surface area contributed by atoms with Gasteiger partial charge in [-0.25, -0.2) is 0 Å². The van der Waals surface area contributed by atoms with Crippen molar-refractivity contribution in [3.63, 3.8) is 0 Å².